The van der Waals surface area contributed by atoms with E-state index in [2.05, 4.69) is 10.6 Å². The van der Waals surface area contributed by atoms with Crippen molar-refractivity contribution >= 4 is 11.8 Å². The van der Waals surface area contributed by atoms with Crippen LogP contribution >= 0.6 is 0 Å². The Bertz CT molecular complexity index is 840. The van der Waals surface area contributed by atoms with Gasteiger partial charge in [-0.25, -0.2) is 4.39 Å². The fourth-order valence-corrected chi connectivity index (χ4v) is 2.31. The average Bonchev–Trinajstić information content (AvgIpc) is 2.64. The van der Waals surface area contributed by atoms with Gasteiger partial charge in [0.2, 0.25) is 5.91 Å². The zero-order valence-electron chi connectivity index (χ0n) is 14.8. The van der Waals surface area contributed by atoms with Crippen molar-refractivity contribution in [1.29, 1.82) is 0 Å². The number of nitrogens with one attached hydrogen (secondary N) is 2. The number of halogens is 4. The zero-order chi connectivity index (χ0) is 20.7. The summed E-state index contributed by atoms with van der Waals surface area (Å²) in [6.45, 7) is 0.906. The molecule has 0 heterocycles. The molecule has 0 saturated heterocycles. The van der Waals surface area contributed by atoms with Crippen LogP contribution in [-0.4, -0.2) is 31.0 Å². The first-order chi connectivity index (χ1) is 13.2. The summed E-state index contributed by atoms with van der Waals surface area (Å²) in [5.41, 5.74) is -1.11. The van der Waals surface area contributed by atoms with E-state index in [4.69, 9.17) is 4.74 Å². The molecule has 0 aliphatic rings. The monoisotopic (exact) mass is 398 g/mol. The van der Waals surface area contributed by atoms with Gasteiger partial charge in [-0.3, -0.25) is 9.59 Å². The predicted octanol–water partition coefficient (Wildman–Crippen LogP) is 3.16. The lowest BCUT2D eigenvalue weighted by Crippen LogP contribution is -2.43. The largest absolute Gasteiger partial charge is 0.491 e. The van der Waals surface area contributed by atoms with Crippen LogP contribution < -0.4 is 15.4 Å². The highest BCUT2D eigenvalue weighted by Gasteiger charge is 2.34. The van der Waals surface area contributed by atoms with Crippen LogP contribution in [0.1, 0.15) is 22.8 Å². The highest BCUT2D eigenvalue weighted by Crippen LogP contribution is 2.35. The maximum Gasteiger partial charge on any atom is 0.419 e. The highest BCUT2D eigenvalue weighted by molar-refractivity contribution is 5.96. The fourth-order valence-electron chi connectivity index (χ4n) is 2.31. The van der Waals surface area contributed by atoms with Crippen LogP contribution in [0.2, 0.25) is 0 Å². The van der Waals surface area contributed by atoms with Crippen molar-refractivity contribution in [2.24, 2.45) is 0 Å². The number of rotatable bonds is 7. The minimum Gasteiger partial charge on any atom is -0.491 e. The van der Waals surface area contributed by atoms with Gasteiger partial charge in [-0.05, 0) is 31.2 Å². The molecule has 28 heavy (non-hydrogen) atoms. The summed E-state index contributed by atoms with van der Waals surface area (Å²) in [7, 11) is 0. The van der Waals surface area contributed by atoms with Gasteiger partial charge in [0.1, 0.15) is 18.2 Å². The Balaban J connectivity index is 1.82. The molecular formula is C19H18F4N2O3. The summed E-state index contributed by atoms with van der Waals surface area (Å²) < 4.78 is 57.4. The van der Waals surface area contributed by atoms with Crippen LogP contribution in [0.15, 0.2) is 48.5 Å². The molecule has 0 bridgehead atoms. The molecule has 1 unspecified atom stereocenters. The van der Waals surface area contributed by atoms with E-state index in [1.165, 1.54) is 43.3 Å². The number of hydrogen-bond acceptors (Lipinski definition) is 3. The predicted molar refractivity (Wildman–Crippen MR) is 93.3 cm³/mol. The molecule has 0 aromatic heterocycles. The minimum atomic E-state index is -4.56. The van der Waals surface area contributed by atoms with E-state index in [0.29, 0.717) is 0 Å². The highest BCUT2D eigenvalue weighted by atomic mass is 19.4. The molecule has 0 aliphatic carbocycles. The van der Waals surface area contributed by atoms with Crippen LogP contribution in [0.3, 0.4) is 0 Å². The van der Waals surface area contributed by atoms with E-state index < -0.39 is 42.0 Å². The Morgan fingerprint density at radius 1 is 1.07 bits per heavy atom. The van der Waals surface area contributed by atoms with E-state index >= 15 is 0 Å². The number of hydrogen-bond donors (Lipinski definition) is 2. The van der Waals surface area contributed by atoms with Crippen LogP contribution in [0, 0.1) is 5.82 Å². The van der Waals surface area contributed by atoms with Gasteiger partial charge in [-0.1, -0.05) is 24.3 Å². The number of ether oxygens (including phenoxy) is 1. The average molecular weight is 398 g/mol. The van der Waals surface area contributed by atoms with Crippen LogP contribution in [0.5, 0.6) is 5.75 Å². The topological polar surface area (TPSA) is 67.4 Å². The van der Waals surface area contributed by atoms with Crippen molar-refractivity contribution in [3.63, 3.8) is 0 Å². The first-order valence-corrected chi connectivity index (χ1v) is 8.29. The van der Waals surface area contributed by atoms with E-state index in [0.717, 1.165) is 12.1 Å². The molecule has 5 nitrogen and oxygen atoms in total. The number of carbonyl (C=O) groups is 2. The van der Waals surface area contributed by atoms with E-state index in [-0.39, 0.29) is 17.9 Å². The molecule has 0 fully saturated rings. The maximum absolute atomic E-state index is 13.5. The molecule has 0 spiro atoms. The van der Waals surface area contributed by atoms with Crippen molar-refractivity contribution in [2.75, 3.05) is 13.2 Å². The SMILES string of the molecule is CC(COc1ccccc1C(F)(F)F)NC(=O)CNC(=O)c1ccccc1F. The van der Waals surface area contributed by atoms with Crippen molar-refractivity contribution in [3.05, 3.63) is 65.5 Å². The summed E-state index contributed by atoms with van der Waals surface area (Å²) in [6, 6.07) is 9.42. The Kier molecular flexibility index (Phi) is 6.97. The zero-order valence-corrected chi connectivity index (χ0v) is 14.8. The van der Waals surface area contributed by atoms with Crippen molar-refractivity contribution in [3.8, 4) is 5.75 Å². The lowest BCUT2D eigenvalue weighted by molar-refractivity contribution is -0.139. The van der Waals surface area contributed by atoms with Crippen LogP contribution in [0.25, 0.3) is 0 Å². The first-order valence-electron chi connectivity index (χ1n) is 8.29. The molecule has 150 valence electrons. The van der Waals surface area contributed by atoms with Crippen molar-refractivity contribution < 1.29 is 31.9 Å². The molecule has 0 saturated carbocycles. The number of carbonyl (C=O) groups excluding carboxylic acids is 2. The number of benzene rings is 2. The number of amides is 2. The quantitative estimate of drug-likeness (QED) is 0.704. The fraction of sp³-hybridized carbons (Fsp3) is 0.263. The van der Waals surface area contributed by atoms with Gasteiger partial charge >= 0.3 is 6.18 Å². The molecule has 2 N–H and O–H groups in total. The summed E-state index contributed by atoms with van der Waals surface area (Å²) in [6.07, 6.45) is -4.56. The Labute approximate surface area is 158 Å². The molecule has 2 rings (SSSR count). The lowest BCUT2D eigenvalue weighted by atomic mass is 10.2. The number of para-hydroxylation sites is 1. The molecule has 1 atom stereocenters. The van der Waals surface area contributed by atoms with Gasteiger partial charge in [0.15, 0.2) is 0 Å². The molecule has 0 radical (unpaired) electrons. The normalized spacial score (nSPS) is 12.2. The van der Waals surface area contributed by atoms with Crippen molar-refractivity contribution in [2.45, 2.75) is 19.1 Å². The molecule has 2 aromatic carbocycles. The first kappa shape index (κ1) is 21.2. The second kappa shape index (κ2) is 9.20. The second-order valence-corrected chi connectivity index (χ2v) is 5.94. The van der Waals surface area contributed by atoms with Crippen molar-refractivity contribution in [1.82, 2.24) is 10.6 Å². The van der Waals surface area contributed by atoms with Gasteiger partial charge in [-0.2, -0.15) is 13.2 Å². The van der Waals surface area contributed by atoms with E-state index in [1.807, 2.05) is 0 Å². The molecule has 9 heteroatoms. The Morgan fingerprint density at radius 2 is 1.71 bits per heavy atom. The third-order valence-corrected chi connectivity index (χ3v) is 3.62. The van der Waals surface area contributed by atoms with E-state index in [9.17, 15) is 27.2 Å². The van der Waals surface area contributed by atoms with Gasteiger partial charge in [-0.15, -0.1) is 0 Å². The second-order valence-electron chi connectivity index (χ2n) is 5.94. The number of alkyl halides is 3. The molecular weight excluding hydrogens is 380 g/mol. The standard InChI is InChI=1S/C19H18F4N2O3/c1-12(11-28-16-9-5-3-7-14(16)19(21,22)23)25-17(26)10-24-18(27)13-6-2-4-8-15(13)20/h2-9,12H,10-11H2,1H3,(H,24,27)(H,25,26). The third-order valence-electron chi connectivity index (χ3n) is 3.62. The molecule has 0 aliphatic heterocycles. The molecule has 2 amide bonds. The summed E-state index contributed by atoms with van der Waals surface area (Å²) in [4.78, 5) is 23.7. The van der Waals surface area contributed by atoms with E-state index in [1.54, 1.807) is 0 Å². The lowest BCUT2D eigenvalue weighted by Gasteiger charge is -2.18. The van der Waals surface area contributed by atoms with Crippen LogP contribution in [0.4, 0.5) is 17.6 Å². The van der Waals surface area contributed by atoms with Crippen LogP contribution in [-0.2, 0) is 11.0 Å². The Morgan fingerprint density at radius 3 is 2.39 bits per heavy atom. The minimum absolute atomic E-state index is 0.199. The smallest absolute Gasteiger partial charge is 0.419 e. The van der Waals surface area contributed by atoms with Gasteiger partial charge in [0.05, 0.1) is 23.7 Å². The third kappa shape index (κ3) is 5.97. The van der Waals surface area contributed by atoms with Gasteiger partial charge in [0.25, 0.3) is 5.91 Å². The van der Waals surface area contributed by atoms with Gasteiger partial charge < -0.3 is 15.4 Å². The molecule has 2 aromatic rings. The summed E-state index contributed by atoms with van der Waals surface area (Å²) in [5, 5.41) is 4.74. The summed E-state index contributed by atoms with van der Waals surface area (Å²) in [5.74, 6) is -2.41. The Hall–Kier alpha value is -3.10. The summed E-state index contributed by atoms with van der Waals surface area (Å²) >= 11 is 0. The van der Waals surface area contributed by atoms with Gasteiger partial charge in [0, 0.05) is 0 Å². The maximum atomic E-state index is 13.5.